The average Bonchev–Trinajstić information content (AvgIpc) is 2.50. The van der Waals surface area contributed by atoms with Gasteiger partial charge in [-0.3, -0.25) is 5.32 Å². The quantitative estimate of drug-likeness (QED) is 0.506. The van der Waals surface area contributed by atoms with Crippen LogP contribution < -0.4 is 14.8 Å². The van der Waals surface area contributed by atoms with E-state index in [1.165, 1.54) is 0 Å². The van der Waals surface area contributed by atoms with Crippen molar-refractivity contribution in [2.24, 2.45) is 0 Å². The average molecular weight is 499 g/mol. The number of nitrogens with one attached hydrogen (secondary N) is 2. The van der Waals surface area contributed by atoms with E-state index >= 15 is 0 Å². The van der Waals surface area contributed by atoms with Crippen LogP contribution in [0, 0.1) is 6.92 Å². The molecule has 0 aromatic carbocycles. The van der Waals surface area contributed by atoms with E-state index < -0.39 is 32.6 Å². The third-order valence-corrected chi connectivity index (χ3v) is 5.89. The highest BCUT2D eigenvalue weighted by molar-refractivity contribution is 9.09. The molecule has 0 fully saturated rings. The first-order chi connectivity index (χ1) is 11.7. The molecule has 2 N–H and O–H groups in total. The van der Waals surface area contributed by atoms with Crippen molar-refractivity contribution in [3.8, 4) is 5.88 Å². The van der Waals surface area contributed by atoms with Gasteiger partial charge in [0, 0.05) is 23.0 Å². The third kappa shape index (κ3) is 8.59. The SMILES string of the molecule is Cc1cc(OCCBr)nc(NC(=O)NS(=O)(=O)CC(Cl)C(Cl)CCl)n1. The molecular weight excluding hydrogens is 482 g/mol. The number of halogens is 4. The maximum absolute atomic E-state index is 11.9. The fourth-order valence-corrected chi connectivity index (χ4v) is 3.85. The first-order valence-corrected chi connectivity index (χ1v) is 11.0. The summed E-state index contributed by atoms with van der Waals surface area (Å²) in [6.07, 6.45) is 0. The van der Waals surface area contributed by atoms with Gasteiger partial charge in [0.1, 0.15) is 0 Å². The number of aromatic nitrogens is 2. The summed E-state index contributed by atoms with van der Waals surface area (Å²) >= 11 is 20.3. The van der Waals surface area contributed by atoms with E-state index in [9.17, 15) is 13.2 Å². The van der Waals surface area contributed by atoms with Gasteiger partial charge in [-0.1, -0.05) is 15.9 Å². The Morgan fingerprint density at radius 1 is 1.36 bits per heavy atom. The molecule has 0 radical (unpaired) electrons. The number of aryl methyl sites for hydroxylation is 1. The molecule has 1 rings (SSSR count). The summed E-state index contributed by atoms with van der Waals surface area (Å²) in [5.41, 5.74) is 0.533. The Bertz CT molecular complexity index is 695. The Hall–Kier alpha value is -0.550. The molecule has 0 saturated carbocycles. The number of urea groups is 1. The molecule has 2 unspecified atom stereocenters. The van der Waals surface area contributed by atoms with Crippen molar-refractivity contribution in [2.45, 2.75) is 17.7 Å². The lowest BCUT2D eigenvalue weighted by atomic mass is 10.4. The number of carbonyl (C=O) groups excluding carboxylic acids is 1. The second-order valence-electron chi connectivity index (χ2n) is 4.73. The molecule has 0 aliphatic heterocycles. The molecule has 0 bridgehead atoms. The molecule has 25 heavy (non-hydrogen) atoms. The molecule has 1 aromatic rings. The molecule has 13 heteroatoms. The van der Waals surface area contributed by atoms with E-state index in [-0.39, 0.29) is 17.7 Å². The molecule has 0 spiro atoms. The molecule has 1 heterocycles. The van der Waals surface area contributed by atoms with Crippen molar-refractivity contribution in [2.75, 3.05) is 28.9 Å². The number of nitrogens with zero attached hydrogens (tertiary/aromatic N) is 2. The smallest absolute Gasteiger partial charge is 0.335 e. The van der Waals surface area contributed by atoms with Crippen LogP contribution in [-0.4, -0.2) is 58.7 Å². The van der Waals surface area contributed by atoms with Gasteiger partial charge in [-0.05, 0) is 6.92 Å². The zero-order chi connectivity index (χ0) is 19.0. The van der Waals surface area contributed by atoms with Gasteiger partial charge < -0.3 is 4.74 Å². The Morgan fingerprint density at radius 2 is 2.04 bits per heavy atom. The summed E-state index contributed by atoms with van der Waals surface area (Å²) in [5, 5.41) is 1.12. The highest BCUT2D eigenvalue weighted by Crippen LogP contribution is 2.14. The van der Waals surface area contributed by atoms with E-state index in [4.69, 9.17) is 39.5 Å². The van der Waals surface area contributed by atoms with Crippen LogP contribution in [-0.2, 0) is 10.0 Å². The fourth-order valence-electron chi connectivity index (χ4n) is 1.53. The zero-order valence-electron chi connectivity index (χ0n) is 13.0. The maximum Gasteiger partial charge on any atom is 0.335 e. The van der Waals surface area contributed by atoms with Gasteiger partial charge in [-0.25, -0.2) is 22.9 Å². The van der Waals surface area contributed by atoms with Crippen LogP contribution in [0.4, 0.5) is 10.7 Å². The largest absolute Gasteiger partial charge is 0.477 e. The number of hydrogen-bond acceptors (Lipinski definition) is 6. The number of amides is 2. The summed E-state index contributed by atoms with van der Waals surface area (Å²) in [6, 6.07) is 0.547. The lowest BCUT2D eigenvalue weighted by Crippen LogP contribution is -2.40. The second-order valence-corrected chi connectivity index (χ2v) is 8.72. The first-order valence-electron chi connectivity index (χ1n) is 6.87. The van der Waals surface area contributed by atoms with Crippen LogP contribution in [0.15, 0.2) is 6.07 Å². The Morgan fingerprint density at radius 3 is 2.64 bits per heavy atom. The lowest BCUT2D eigenvalue weighted by Gasteiger charge is -2.14. The number of sulfonamides is 1. The number of ether oxygens (including phenoxy) is 1. The van der Waals surface area contributed by atoms with Crippen LogP contribution in [0.25, 0.3) is 0 Å². The number of hydrogen-bond donors (Lipinski definition) is 2. The van der Waals surface area contributed by atoms with Crippen LogP contribution in [0.5, 0.6) is 5.88 Å². The Kier molecular flexibility index (Phi) is 9.50. The minimum absolute atomic E-state index is 0.0221. The standard InChI is InChI=1S/C12H16BrCl3N4O4S/c1-7-4-10(24-3-2-13)18-11(17-7)19-12(21)20-25(22,23)6-9(16)8(15)5-14/h4,8-9H,2-3,5-6H2,1H3,(H2,17,18,19,20,21). The summed E-state index contributed by atoms with van der Waals surface area (Å²) in [4.78, 5) is 19.8. The molecule has 0 aliphatic carbocycles. The number of carbonyl (C=O) groups is 1. The number of alkyl halides is 4. The minimum atomic E-state index is -4.02. The summed E-state index contributed by atoms with van der Waals surface area (Å²) in [6.45, 7) is 2.04. The molecule has 0 aliphatic rings. The second kappa shape index (κ2) is 10.6. The first kappa shape index (κ1) is 22.5. The van der Waals surface area contributed by atoms with Gasteiger partial charge in [0.05, 0.1) is 23.1 Å². The molecule has 2 amide bonds. The maximum atomic E-state index is 11.9. The van der Waals surface area contributed by atoms with E-state index in [0.29, 0.717) is 17.6 Å². The predicted octanol–water partition coefficient (Wildman–Crippen LogP) is 2.46. The topological polar surface area (TPSA) is 110 Å². The van der Waals surface area contributed by atoms with Crippen LogP contribution >= 0.6 is 50.7 Å². The van der Waals surface area contributed by atoms with Gasteiger partial charge in [-0.15, -0.1) is 34.8 Å². The fraction of sp³-hybridized carbons (Fsp3) is 0.583. The zero-order valence-corrected chi connectivity index (χ0v) is 17.7. The normalized spacial score (nSPS) is 13.8. The van der Waals surface area contributed by atoms with E-state index in [1.807, 2.05) is 0 Å². The third-order valence-electron chi connectivity index (χ3n) is 2.55. The van der Waals surface area contributed by atoms with E-state index in [2.05, 4.69) is 31.2 Å². The van der Waals surface area contributed by atoms with Gasteiger partial charge >= 0.3 is 6.03 Å². The highest BCUT2D eigenvalue weighted by atomic mass is 79.9. The molecule has 142 valence electrons. The predicted molar refractivity (Wildman–Crippen MR) is 102 cm³/mol. The van der Waals surface area contributed by atoms with Gasteiger partial charge in [0.15, 0.2) is 0 Å². The van der Waals surface area contributed by atoms with Crippen LogP contribution in [0.2, 0.25) is 0 Å². The monoisotopic (exact) mass is 496 g/mol. The van der Waals surface area contributed by atoms with Crippen LogP contribution in [0.1, 0.15) is 5.69 Å². The summed E-state index contributed by atoms with van der Waals surface area (Å²) < 4.78 is 30.9. The lowest BCUT2D eigenvalue weighted by molar-refractivity contribution is 0.256. The van der Waals surface area contributed by atoms with Crippen molar-refractivity contribution in [3.05, 3.63) is 11.8 Å². The van der Waals surface area contributed by atoms with Crippen molar-refractivity contribution < 1.29 is 17.9 Å². The number of rotatable bonds is 9. The molecule has 1 aromatic heterocycles. The van der Waals surface area contributed by atoms with Gasteiger partial charge in [0.2, 0.25) is 21.9 Å². The van der Waals surface area contributed by atoms with Crippen LogP contribution in [0.3, 0.4) is 0 Å². The van der Waals surface area contributed by atoms with E-state index in [1.54, 1.807) is 17.7 Å². The molecule has 8 nitrogen and oxygen atoms in total. The van der Waals surface area contributed by atoms with Gasteiger partial charge in [-0.2, -0.15) is 4.98 Å². The van der Waals surface area contributed by atoms with Gasteiger partial charge in [0.25, 0.3) is 0 Å². The summed E-state index contributed by atoms with van der Waals surface area (Å²) in [5.74, 6) is -0.447. The number of anilines is 1. The van der Waals surface area contributed by atoms with Crippen molar-refractivity contribution in [3.63, 3.8) is 0 Å². The summed E-state index contributed by atoms with van der Waals surface area (Å²) in [7, 11) is -4.02. The molecule has 2 atom stereocenters. The minimum Gasteiger partial charge on any atom is -0.477 e. The highest BCUT2D eigenvalue weighted by Gasteiger charge is 2.25. The Labute approximate surface area is 169 Å². The molecule has 0 saturated heterocycles. The Balaban J connectivity index is 2.71. The van der Waals surface area contributed by atoms with Crippen molar-refractivity contribution in [1.82, 2.24) is 14.7 Å². The van der Waals surface area contributed by atoms with Crippen molar-refractivity contribution >= 4 is 72.7 Å². The van der Waals surface area contributed by atoms with E-state index in [0.717, 1.165) is 0 Å². The molecular formula is C12H16BrCl3N4O4S. The van der Waals surface area contributed by atoms with Crippen molar-refractivity contribution in [1.29, 1.82) is 0 Å².